The summed E-state index contributed by atoms with van der Waals surface area (Å²) in [5.74, 6) is 6.00. The Kier molecular flexibility index (Phi) is 40.1. The molecule has 0 aliphatic heterocycles. The minimum atomic E-state index is -3.61. The molecule has 135 heavy (non-hydrogen) atoms. The zero-order chi connectivity index (χ0) is 99.1. The first kappa shape index (κ1) is 107. The molecule has 698 valence electrons. The molecule has 12 aromatic rings. The highest BCUT2D eigenvalue weighted by Crippen LogP contribution is 2.28. The predicted octanol–water partition coefficient (Wildman–Crippen LogP) is 15.3. The number of para-hydroxylation sites is 7. The fraction of sp³-hybridized carbons (Fsp3) is 0.115. The van der Waals surface area contributed by atoms with Crippen LogP contribution < -0.4 is 59.8 Å². The lowest BCUT2D eigenvalue weighted by atomic mass is 10.1. The van der Waals surface area contributed by atoms with Crippen molar-refractivity contribution in [2.45, 2.75) is 13.3 Å². The minimum absolute atomic E-state index is 0.0539. The summed E-state index contributed by atoms with van der Waals surface area (Å²) in [6.07, 6.45) is 15.5. The Labute approximate surface area is 794 Å². The Hall–Kier alpha value is -15.4. The van der Waals surface area contributed by atoms with Crippen molar-refractivity contribution >= 4 is 185 Å². The summed E-state index contributed by atoms with van der Waals surface area (Å²) < 4.78 is 147. The number of ether oxygens (including phenoxy) is 1. The topological polar surface area (TPSA) is 483 Å². The van der Waals surface area contributed by atoms with Gasteiger partial charge in [-0.25, -0.2) is 46.3 Å². The SMILES string of the molecule is C#Cc1ccc(NC(=O)c2ccccc2NS(=O)(=O)CCOC)cc1.C#Cc1cccc(NC(=O)c2ccccc2NS(C)(=O)=O)c1.C=S(C)(=O)N(C)c1ccccc1C(=O)Nc1ccc(C#N)cc1.CCS(=O)(=O)Nc1ccccc1C(=O)Nc1ccccc1.CS(=O)(=O)Nc1ccccc1C(=O)Nc1ccc(Br)cc1.CS(=O)(=O)Nc1ccccc1C(=O)Nc1ccc(CC#N)cc1. The van der Waals surface area contributed by atoms with Gasteiger partial charge in [0.05, 0.1) is 129 Å². The zero-order valence-corrected chi connectivity index (χ0v) is 80.0. The standard InChI is InChI=1S/C18H18N2O4S.C17H17N3O2S.C16H15N3O3S.C16H14N2O3S.C15H16N2O3S.C14H13BrN2O3S/c1-3-14-8-10-15(11-9-14)19-18(21)16-6-4-5-7-17(16)20-25(22,23)13-12-24-2;1-20(23(2,3)22)16-7-5-4-6-15(16)17(21)19-14-10-8-13(12-18)9-11-14;1-23(21,22)19-15-5-3-2-4-14(15)16(20)18-13-8-6-12(7-9-13)10-11-17;1-3-12-7-6-8-13(11-12)17-16(19)14-9-4-5-10-15(14)18-22(2,20)21;1-2-21(19,20)17-14-11-7-6-10-13(14)15(18)16-12-8-4-3-5-9-12;1-21(19,20)17-13-5-3-2-4-12(13)14(18)16-11-8-6-10(15)7-9-11/h1,4-11,20H,12-13H2,2H3,(H,19,21);4-11H,2H2,1,3H3,(H,19,21);2-9,19H,10H2,1H3,(H,18,20);1,4-11,18H,2H3,(H,17,19);3-11,17H,2H2,1H3,(H,16,18);2-9,17H,1H3,(H,16,18). The molecule has 0 radical (unpaired) electrons. The number of nitriles is 2. The number of methoxy groups -OCH3 is 1. The first-order valence-electron chi connectivity index (χ1n) is 39.7. The molecule has 12 aromatic carbocycles. The van der Waals surface area contributed by atoms with Crippen LogP contribution in [0.25, 0.3) is 0 Å². The van der Waals surface area contributed by atoms with Crippen molar-refractivity contribution < 1.29 is 79.8 Å². The Morgan fingerprint density at radius 3 is 1.02 bits per heavy atom. The summed E-state index contributed by atoms with van der Waals surface area (Å²) in [5, 5.41) is 33.7. The number of hydrogen-bond donors (Lipinski definition) is 11. The Morgan fingerprint density at radius 1 is 0.370 bits per heavy atom. The average molecular weight is 2000 g/mol. The van der Waals surface area contributed by atoms with Gasteiger partial charge in [0.25, 0.3) is 35.4 Å². The Bertz CT molecular complexity index is 7150. The predicted molar refractivity (Wildman–Crippen MR) is 540 cm³/mol. The molecule has 0 saturated heterocycles. The molecule has 0 heterocycles. The monoisotopic (exact) mass is 2000 g/mol. The van der Waals surface area contributed by atoms with Gasteiger partial charge in [0.1, 0.15) is 0 Å². The van der Waals surface area contributed by atoms with Crippen LogP contribution in [0.4, 0.5) is 68.2 Å². The number of benzene rings is 12. The van der Waals surface area contributed by atoms with Crippen molar-refractivity contribution in [2.75, 3.05) is 117 Å². The van der Waals surface area contributed by atoms with Crippen molar-refractivity contribution in [1.82, 2.24) is 0 Å². The second-order valence-electron chi connectivity index (χ2n) is 28.5. The fourth-order valence-electron chi connectivity index (χ4n) is 11.3. The third-order valence-corrected chi connectivity index (χ3v) is 24.0. The molecule has 0 saturated carbocycles. The molecular formula is C96H93BrN14O18S6. The van der Waals surface area contributed by atoms with Crippen LogP contribution in [-0.2, 0) is 71.0 Å². The van der Waals surface area contributed by atoms with Crippen LogP contribution in [0.2, 0.25) is 0 Å². The summed E-state index contributed by atoms with van der Waals surface area (Å²) >= 11 is 3.31. The van der Waals surface area contributed by atoms with E-state index in [0.29, 0.717) is 68.5 Å². The molecule has 0 bridgehead atoms. The van der Waals surface area contributed by atoms with E-state index in [2.05, 4.69) is 89.2 Å². The molecule has 1 unspecified atom stereocenters. The molecule has 32 nitrogen and oxygen atoms in total. The van der Waals surface area contributed by atoms with E-state index in [1.807, 2.05) is 18.2 Å². The molecule has 39 heteroatoms. The van der Waals surface area contributed by atoms with E-state index in [9.17, 15) is 75.1 Å². The number of amides is 6. The summed E-state index contributed by atoms with van der Waals surface area (Å²) in [5.41, 5.74) is 9.50. The summed E-state index contributed by atoms with van der Waals surface area (Å²) in [6.45, 7) is 1.60. The van der Waals surface area contributed by atoms with Gasteiger partial charge in [-0.05, 0) is 206 Å². The number of halogens is 1. The lowest BCUT2D eigenvalue weighted by molar-refractivity contribution is 0.101. The summed E-state index contributed by atoms with van der Waals surface area (Å²) in [6, 6.07) is 86.1. The van der Waals surface area contributed by atoms with Gasteiger partial charge in [0.2, 0.25) is 50.1 Å². The molecule has 11 N–H and O–H groups in total. The quantitative estimate of drug-likeness (QED) is 0.0153. The maximum absolute atomic E-state index is 12.5. The van der Waals surface area contributed by atoms with Gasteiger partial charge in [0.15, 0.2) is 0 Å². The molecule has 6 amide bonds. The maximum Gasteiger partial charge on any atom is 0.257 e. The van der Waals surface area contributed by atoms with Gasteiger partial charge >= 0.3 is 0 Å². The molecule has 0 aliphatic rings. The lowest BCUT2D eigenvalue weighted by Gasteiger charge is -2.23. The number of sulfonamides is 5. The number of carbonyl (C=O) groups is 6. The maximum atomic E-state index is 12.5. The Morgan fingerprint density at radius 2 is 0.674 bits per heavy atom. The van der Waals surface area contributed by atoms with Crippen LogP contribution in [0.1, 0.15) is 91.3 Å². The fourth-order valence-corrected chi connectivity index (χ4v) is 15.5. The number of carbonyl (C=O) groups excluding carboxylic acids is 6. The second-order valence-corrected chi connectivity index (χ2v) is 41.0. The van der Waals surface area contributed by atoms with Crippen molar-refractivity contribution in [3.05, 3.63) is 357 Å². The zero-order valence-electron chi connectivity index (χ0n) is 73.5. The molecule has 0 aliphatic carbocycles. The molecule has 12 rings (SSSR count). The Balaban J connectivity index is 0.000000221. The second kappa shape index (κ2) is 50.8. The van der Waals surface area contributed by atoms with Crippen molar-refractivity contribution in [1.29, 1.82) is 10.5 Å². The summed E-state index contributed by atoms with van der Waals surface area (Å²) in [7, 11) is -16.9. The van der Waals surface area contributed by atoms with Crippen molar-refractivity contribution in [3.63, 3.8) is 0 Å². The van der Waals surface area contributed by atoms with Gasteiger partial charge in [0, 0.05) is 79.8 Å². The third kappa shape index (κ3) is 37.0. The first-order valence-corrected chi connectivity index (χ1v) is 51.6. The van der Waals surface area contributed by atoms with E-state index in [0.717, 1.165) is 28.8 Å². The van der Waals surface area contributed by atoms with Gasteiger partial charge < -0.3 is 40.9 Å². The van der Waals surface area contributed by atoms with Crippen LogP contribution in [-0.4, -0.2) is 145 Å². The van der Waals surface area contributed by atoms with E-state index in [4.69, 9.17) is 28.1 Å². The van der Waals surface area contributed by atoms with Crippen LogP contribution in [0, 0.1) is 47.3 Å². The van der Waals surface area contributed by atoms with Crippen molar-refractivity contribution in [3.8, 4) is 36.8 Å². The highest BCUT2D eigenvalue weighted by atomic mass is 79.9. The van der Waals surface area contributed by atoms with E-state index >= 15 is 0 Å². The smallest absolute Gasteiger partial charge is 0.257 e. The average Bonchev–Trinajstić information content (AvgIpc) is 0.815. The van der Waals surface area contributed by atoms with E-state index in [1.54, 1.807) is 262 Å². The summed E-state index contributed by atoms with van der Waals surface area (Å²) in [4.78, 5) is 74.2. The van der Waals surface area contributed by atoms with Gasteiger partial charge in [-0.2, -0.15) is 10.5 Å². The first-order chi connectivity index (χ1) is 63.9. The third-order valence-electron chi connectivity index (χ3n) is 17.8. The molecule has 0 aromatic heterocycles. The van der Waals surface area contributed by atoms with Crippen molar-refractivity contribution in [2.24, 2.45) is 0 Å². The van der Waals surface area contributed by atoms with E-state index in [-0.39, 0.29) is 92.1 Å². The normalized spacial score (nSPS) is 11.1. The molecule has 0 fully saturated rings. The number of hydrogen-bond acceptors (Lipinski definition) is 20. The molecule has 0 spiro atoms. The van der Waals surface area contributed by atoms with E-state index < -0.39 is 77.5 Å². The number of terminal acetylenes is 2. The number of nitrogens with one attached hydrogen (secondary N) is 11. The van der Waals surface area contributed by atoms with E-state index in [1.165, 1.54) is 61.0 Å². The molecular weight excluding hydrogens is 1910 g/mol. The number of nitrogens with zero attached hydrogens (tertiary/aromatic N) is 3. The van der Waals surface area contributed by atoms with Gasteiger partial charge in [-0.1, -0.05) is 137 Å². The lowest BCUT2D eigenvalue weighted by Crippen LogP contribution is -2.27. The number of rotatable bonds is 29. The highest BCUT2D eigenvalue weighted by Gasteiger charge is 2.23. The van der Waals surface area contributed by atoms with Gasteiger partial charge in [-0.15, -0.1) is 12.8 Å². The number of anilines is 12. The van der Waals surface area contributed by atoms with Crippen LogP contribution >= 0.6 is 15.9 Å². The largest absolute Gasteiger partial charge is 0.384 e. The minimum Gasteiger partial charge on any atom is -0.384 e. The van der Waals surface area contributed by atoms with Crippen LogP contribution in [0.15, 0.2) is 302 Å². The molecule has 1 atom stereocenters. The van der Waals surface area contributed by atoms with Gasteiger partial charge in [-0.3, -0.25) is 52.4 Å². The highest BCUT2D eigenvalue weighted by molar-refractivity contribution is 9.10. The van der Waals surface area contributed by atoms with Crippen LogP contribution in [0.3, 0.4) is 0 Å². The van der Waals surface area contributed by atoms with Crippen LogP contribution in [0.5, 0.6) is 0 Å².